The molecular weight excluding hydrogens is 250 g/mol. The van der Waals surface area contributed by atoms with Crippen LogP contribution in [0.4, 0.5) is 0 Å². The Bertz CT molecular complexity index is 332. The van der Waals surface area contributed by atoms with Crippen LogP contribution < -0.4 is 5.73 Å². The van der Waals surface area contributed by atoms with Gasteiger partial charge in [0.05, 0.1) is 5.92 Å². The SMILES string of the molecule is CC1CC(OC(=O)C2CCC(CN)CC2)CC(C)(C)C1. The van der Waals surface area contributed by atoms with Crippen molar-refractivity contribution in [3.05, 3.63) is 0 Å². The maximum atomic E-state index is 12.3. The molecule has 0 aromatic carbocycles. The molecule has 0 bridgehead atoms. The van der Waals surface area contributed by atoms with Crippen LogP contribution in [0.3, 0.4) is 0 Å². The van der Waals surface area contributed by atoms with Crippen LogP contribution in [0.5, 0.6) is 0 Å². The van der Waals surface area contributed by atoms with Crippen molar-refractivity contribution < 1.29 is 9.53 Å². The smallest absolute Gasteiger partial charge is 0.309 e. The minimum Gasteiger partial charge on any atom is -0.462 e. The first-order valence-electron chi connectivity index (χ1n) is 8.30. The molecule has 2 atom stereocenters. The van der Waals surface area contributed by atoms with Crippen LogP contribution >= 0.6 is 0 Å². The lowest BCUT2D eigenvalue weighted by Crippen LogP contribution is -2.36. The Labute approximate surface area is 123 Å². The highest BCUT2D eigenvalue weighted by atomic mass is 16.5. The summed E-state index contributed by atoms with van der Waals surface area (Å²) in [7, 11) is 0. The van der Waals surface area contributed by atoms with Gasteiger partial charge < -0.3 is 10.5 Å². The molecule has 2 rings (SSSR count). The lowest BCUT2D eigenvalue weighted by Gasteiger charge is -2.39. The number of carbonyl (C=O) groups excluding carboxylic acids is 1. The monoisotopic (exact) mass is 281 g/mol. The average Bonchev–Trinajstić information content (AvgIpc) is 2.36. The minimum atomic E-state index is 0.0513. The second kappa shape index (κ2) is 6.46. The molecule has 0 amide bonds. The van der Waals surface area contributed by atoms with Crippen LogP contribution in [0, 0.1) is 23.2 Å². The predicted molar refractivity (Wildman–Crippen MR) is 81.2 cm³/mol. The highest BCUT2D eigenvalue weighted by Gasteiger charge is 2.35. The quantitative estimate of drug-likeness (QED) is 0.805. The number of hydrogen-bond donors (Lipinski definition) is 1. The van der Waals surface area contributed by atoms with Crippen molar-refractivity contribution >= 4 is 5.97 Å². The summed E-state index contributed by atoms with van der Waals surface area (Å²) in [5, 5.41) is 0. The topological polar surface area (TPSA) is 52.3 Å². The molecule has 0 spiro atoms. The van der Waals surface area contributed by atoms with E-state index in [9.17, 15) is 4.79 Å². The third-order valence-electron chi connectivity index (χ3n) is 5.14. The number of hydrogen-bond acceptors (Lipinski definition) is 3. The van der Waals surface area contributed by atoms with Crippen molar-refractivity contribution in [1.82, 2.24) is 0 Å². The van der Waals surface area contributed by atoms with Crippen LogP contribution in [-0.4, -0.2) is 18.6 Å². The lowest BCUT2D eigenvalue weighted by atomic mass is 9.71. The van der Waals surface area contributed by atoms with E-state index in [1.165, 1.54) is 6.42 Å². The third-order valence-corrected chi connectivity index (χ3v) is 5.14. The molecule has 0 heterocycles. The van der Waals surface area contributed by atoms with E-state index in [0.717, 1.165) is 45.1 Å². The average molecular weight is 281 g/mol. The molecule has 2 N–H and O–H groups in total. The second-order valence-electron chi connectivity index (χ2n) is 7.93. The Kier molecular flexibility index (Phi) is 5.11. The summed E-state index contributed by atoms with van der Waals surface area (Å²) in [6.45, 7) is 7.61. The third kappa shape index (κ3) is 4.21. The molecule has 2 saturated carbocycles. The molecule has 2 aliphatic carbocycles. The number of ether oxygens (including phenoxy) is 1. The Morgan fingerprint density at radius 3 is 2.40 bits per heavy atom. The van der Waals surface area contributed by atoms with Gasteiger partial charge in [-0.15, -0.1) is 0 Å². The Hall–Kier alpha value is -0.570. The van der Waals surface area contributed by atoms with Gasteiger partial charge in [-0.2, -0.15) is 0 Å². The largest absolute Gasteiger partial charge is 0.462 e. The molecule has 2 unspecified atom stereocenters. The molecule has 0 aromatic heterocycles. The Morgan fingerprint density at radius 1 is 1.20 bits per heavy atom. The van der Waals surface area contributed by atoms with Crippen molar-refractivity contribution in [3.8, 4) is 0 Å². The molecular formula is C17H31NO2. The van der Waals surface area contributed by atoms with E-state index in [2.05, 4.69) is 20.8 Å². The minimum absolute atomic E-state index is 0.0513. The molecule has 116 valence electrons. The predicted octanol–water partition coefficient (Wildman–Crippen LogP) is 3.51. The second-order valence-corrected chi connectivity index (χ2v) is 7.93. The van der Waals surface area contributed by atoms with E-state index < -0.39 is 0 Å². The van der Waals surface area contributed by atoms with Gasteiger partial charge in [-0.3, -0.25) is 4.79 Å². The van der Waals surface area contributed by atoms with Gasteiger partial charge in [0.15, 0.2) is 0 Å². The van der Waals surface area contributed by atoms with E-state index in [1.807, 2.05) is 0 Å². The summed E-state index contributed by atoms with van der Waals surface area (Å²) in [5.41, 5.74) is 6.01. The first-order chi connectivity index (χ1) is 9.39. The molecule has 0 aromatic rings. The fraction of sp³-hybridized carbons (Fsp3) is 0.941. The zero-order chi connectivity index (χ0) is 14.8. The maximum absolute atomic E-state index is 12.3. The number of esters is 1. The standard InChI is InChI=1S/C17H31NO2/c1-12-8-15(10-17(2,3)9-12)20-16(19)14-6-4-13(11-18)5-7-14/h12-15H,4-11,18H2,1-3H3. The summed E-state index contributed by atoms with van der Waals surface area (Å²) in [6.07, 6.45) is 7.52. The van der Waals surface area contributed by atoms with Crippen LogP contribution in [0.15, 0.2) is 0 Å². The van der Waals surface area contributed by atoms with Crippen LogP contribution in [0.25, 0.3) is 0 Å². The lowest BCUT2D eigenvalue weighted by molar-refractivity contribution is -0.159. The molecule has 20 heavy (non-hydrogen) atoms. The first kappa shape index (κ1) is 15.8. The molecule has 2 aliphatic rings. The Morgan fingerprint density at radius 2 is 1.85 bits per heavy atom. The van der Waals surface area contributed by atoms with Crippen molar-refractivity contribution in [1.29, 1.82) is 0 Å². The van der Waals surface area contributed by atoms with Crippen LogP contribution in [-0.2, 0) is 9.53 Å². The number of nitrogens with two attached hydrogens (primary N) is 1. The zero-order valence-corrected chi connectivity index (χ0v) is 13.4. The van der Waals surface area contributed by atoms with Crippen molar-refractivity contribution in [2.75, 3.05) is 6.54 Å². The van der Waals surface area contributed by atoms with Gasteiger partial charge in [-0.05, 0) is 68.7 Å². The number of carbonyl (C=O) groups is 1. The van der Waals surface area contributed by atoms with E-state index in [4.69, 9.17) is 10.5 Å². The normalized spacial score (nSPS) is 37.4. The molecule has 3 heteroatoms. The van der Waals surface area contributed by atoms with Gasteiger partial charge in [-0.25, -0.2) is 0 Å². The van der Waals surface area contributed by atoms with Crippen LogP contribution in [0.1, 0.15) is 65.7 Å². The van der Waals surface area contributed by atoms with Gasteiger partial charge >= 0.3 is 5.97 Å². The first-order valence-corrected chi connectivity index (χ1v) is 8.30. The van der Waals surface area contributed by atoms with Gasteiger partial charge in [0.25, 0.3) is 0 Å². The zero-order valence-electron chi connectivity index (χ0n) is 13.4. The van der Waals surface area contributed by atoms with E-state index in [0.29, 0.717) is 17.3 Å². The summed E-state index contributed by atoms with van der Waals surface area (Å²) < 4.78 is 5.84. The van der Waals surface area contributed by atoms with Gasteiger partial charge in [0, 0.05) is 0 Å². The fourth-order valence-corrected chi connectivity index (χ4v) is 4.24. The van der Waals surface area contributed by atoms with E-state index in [1.54, 1.807) is 0 Å². The van der Waals surface area contributed by atoms with E-state index >= 15 is 0 Å². The van der Waals surface area contributed by atoms with Crippen molar-refractivity contribution in [3.63, 3.8) is 0 Å². The highest BCUT2D eigenvalue weighted by molar-refractivity contribution is 5.72. The van der Waals surface area contributed by atoms with Crippen LogP contribution in [0.2, 0.25) is 0 Å². The summed E-state index contributed by atoms with van der Waals surface area (Å²) in [6, 6.07) is 0. The summed E-state index contributed by atoms with van der Waals surface area (Å²) in [5.74, 6) is 1.45. The molecule has 2 fully saturated rings. The Balaban J connectivity index is 1.82. The molecule has 0 radical (unpaired) electrons. The highest BCUT2D eigenvalue weighted by Crippen LogP contribution is 2.40. The number of rotatable bonds is 3. The molecule has 0 saturated heterocycles. The summed E-state index contributed by atoms with van der Waals surface area (Å²) >= 11 is 0. The van der Waals surface area contributed by atoms with Crippen molar-refractivity contribution in [2.45, 2.75) is 71.8 Å². The molecule has 0 aliphatic heterocycles. The maximum Gasteiger partial charge on any atom is 0.309 e. The summed E-state index contributed by atoms with van der Waals surface area (Å²) in [4.78, 5) is 12.3. The van der Waals surface area contributed by atoms with Gasteiger partial charge in [0.2, 0.25) is 0 Å². The van der Waals surface area contributed by atoms with E-state index in [-0.39, 0.29) is 18.0 Å². The van der Waals surface area contributed by atoms with Gasteiger partial charge in [0.1, 0.15) is 6.10 Å². The fourth-order valence-electron chi connectivity index (χ4n) is 4.24. The van der Waals surface area contributed by atoms with Crippen molar-refractivity contribution in [2.24, 2.45) is 28.9 Å². The van der Waals surface area contributed by atoms with Gasteiger partial charge in [-0.1, -0.05) is 20.8 Å². The molecule has 3 nitrogen and oxygen atoms in total.